The van der Waals surface area contributed by atoms with E-state index in [1.54, 1.807) is 22.7 Å². The minimum atomic E-state index is -3.30. The summed E-state index contributed by atoms with van der Waals surface area (Å²) in [6.07, 6.45) is 4.06. The molecule has 9 nitrogen and oxygen atoms in total. The molecule has 222 valence electrons. The lowest BCUT2D eigenvalue weighted by molar-refractivity contribution is -0.143. The van der Waals surface area contributed by atoms with Gasteiger partial charge in [0, 0.05) is 54.1 Å². The first-order valence-corrected chi connectivity index (χ1v) is 17.8. The van der Waals surface area contributed by atoms with E-state index in [9.17, 15) is 14.7 Å². The van der Waals surface area contributed by atoms with Crippen LogP contribution in [0.1, 0.15) is 55.3 Å². The number of rotatable bonds is 8. The number of aliphatic hydroxyl groups is 1. The molecule has 2 amide bonds. The van der Waals surface area contributed by atoms with Gasteiger partial charge in [-0.05, 0) is 56.1 Å². The fraction of sp³-hybridized carbons (Fsp3) is 0.484. The van der Waals surface area contributed by atoms with Gasteiger partial charge in [0.25, 0.3) is 5.91 Å². The van der Waals surface area contributed by atoms with Gasteiger partial charge >= 0.3 is 0 Å². The minimum Gasteiger partial charge on any atom is -0.395 e. The molecule has 0 saturated carbocycles. The molecule has 1 unspecified atom stereocenters. The molecule has 2 saturated heterocycles. The van der Waals surface area contributed by atoms with Gasteiger partial charge in [0.15, 0.2) is 5.60 Å². The Morgan fingerprint density at radius 1 is 1.19 bits per heavy atom. The highest BCUT2D eigenvalue weighted by molar-refractivity contribution is 6.72. The number of anilines is 2. The van der Waals surface area contributed by atoms with Crippen LogP contribution in [0.15, 0.2) is 54.7 Å². The summed E-state index contributed by atoms with van der Waals surface area (Å²) in [6, 6.07) is 15.2. The number of aliphatic hydroxyl groups excluding tert-OH is 1. The highest BCUT2D eigenvalue weighted by Gasteiger charge is 2.65. The number of hydrogen-bond acceptors (Lipinski definition) is 6. The second-order valence-corrected chi connectivity index (χ2v) is 16.1. The molecule has 2 fully saturated rings. The first kappa shape index (κ1) is 28.7. The van der Waals surface area contributed by atoms with Crippen molar-refractivity contribution in [1.29, 1.82) is 0 Å². The van der Waals surface area contributed by atoms with E-state index in [1.807, 2.05) is 61.7 Å². The van der Waals surface area contributed by atoms with E-state index in [2.05, 4.69) is 15.6 Å². The number of fused-ring (bicyclic) bond motifs is 2. The van der Waals surface area contributed by atoms with Crippen molar-refractivity contribution in [2.75, 3.05) is 23.4 Å². The van der Waals surface area contributed by atoms with Gasteiger partial charge in [-0.15, -0.1) is 5.10 Å². The number of aromatic nitrogens is 3. The molecular formula is C31H38FN5O4Si. The predicted octanol–water partition coefficient (Wildman–Crippen LogP) is 4.74. The molecule has 2 aromatic carbocycles. The highest BCUT2D eigenvalue weighted by atomic mass is 28.4. The van der Waals surface area contributed by atoms with E-state index in [0.717, 1.165) is 24.1 Å². The molecular weight excluding hydrogens is 553 g/mol. The van der Waals surface area contributed by atoms with Crippen molar-refractivity contribution in [3.63, 3.8) is 0 Å². The first-order chi connectivity index (χ1) is 20.1. The SMILES string of the molecule is C[C@H]1[C@H]([Si](C)(C)F)[C@@H](CCn2cc(C(CO)c3ccccc3)nn2)O[C@]12C(=O)Nc1ccc(N3CCCCC3=O)cc12. The van der Waals surface area contributed by atoms with E-state index in [-0.39, 0.29) is 24.3 Å². The summed E-state index contributed by atoms with van der Waals surface area (Å²) >= 11 is 0. The van der Waals surface area contributed by atoms with Crippen LogP contribution in [0, 0.1) is 5.92 Å². The van der Waals surface area contributed by atoms with Crippen LogP contribution in [0.25, 0.3) is 0 Å². The number of carbonyl (C=O) groups excluding carboxylic acids is 2. The van der Waals surface area contributed by atoms with Gasteiger partial charge in [-0.3, -0.25) is 14.3 Å². The summed E-state index contributed by atoms with van der Waals surface area (Å²) in [5, 5.41) is 21.6. The van der Waals surface area contributed by atoms with Crippen molar-refractivity contribution in [1.82, 2.24) is 15.0 Å². The van der Waals surface area contributed by atoms with E-state index in [1.165, 1.54) is 0 Å². The van der Waals surface area contributed by atoms with Crippen molar-refractivity contribution >= 4 is 31.6 Å². The number of benzene rings is 2. The lowest BCUT2D eigenvalue weighted by Gasteiger charge is -2.31. The van der Waals surface area contributed by atoms with Gasteiger partial charge in [-0.2, -0.15) is 0 Å². The molecule has 0 aliphatic carbocycles. The molecule has 3 aromatic rings. The number of amides is 2. The lowest BCUT2D eigenvalue weighted by atomic mass is 9.82. The maximum absolute atomic E-state index is 16.0. The molecule has 4 heterocycles. The Bertz CT molecular complexity index is 1480. The van der Waals surface area contributed by atoms with Gasteiger partial charge < -0.3 is 24.2 Å². The van der Waals surface area contributed by atoms with Crippen LogP contribution in [-0.2, 0) is 26.5 Å². The van der Waals surface area contributed by atoms with Crippen LogP contribution in [0.5, 0.6) is 0 Å². The number of nitrogens with zero attached hydrogens (tertiary/aromatic N) is 4. The van der Waals surface area contributed by atoms with Gasteiger partial charge in [0.1, 0.15) is 0 Å². The van der Waals surface area contributed by atoms with E-state index in [4.69, 9.17) is 4.74 Å². The Kier molecular flexibility index (Phi) is 7.53. The zero-order chi connectivity index (χ0) is 29.6. The van der Waals surface area contributed by atoms with Crippen molar-refractivity contribution in [2.24, 2.45) is 5.92 Å². The van der Waals surface area contributed by atoms with Crippen molar-refractivity contribution in [3.05, 3.63) is 71.5 Å². The van der Waals surface area contributed by atoms with E-state index < -0.39 is 31.6 Å². The van der Waals surface area contributed by atoms with Crippen molar-refractivity contribution < 1.29 is 23.5 Å². The summed E-state index contributed by atoms with van der Waals surface area (Å²) < 4.78 is 24.5. The van der Waals surface area contributed by atoms with E-state index in [0.29, 0.717) is 42.9 Å². The zero-order valence-corrected chi connectivity index (χ0v) is 25.3. The number of nitrogens with one attached hydrogen (secondary N) is 1. The monoisotopic (exact) mass is 591 g/mol. The maximum Gasteiger partial charge on any atom is 0.261 e. The van der Waals surface area contributed by atoms with Gasteiger partial charge in [0.05, 0.1) is 24.3 Å². The average Bonchev–Trinajstić information content (AvgIpc) is 3.63. The number of ether oxygens (including phenoxy) is 1. The summed E-state index contributed by atoms with van der Waals surface area (Å²) in [5.41, 5.74) is 1.90. The fourth-order valence-corrected chi connectivity index (χ4v) is 9.81. The van der Waals surface area contributed by atoms with Crippen LogP contribution >= 0.6 is 0 Å². The highest BCUT2D eigenvalue weighted by Crippen LogP contribution is 2.59. The molecule has 1 spiro atoms. The topological polar surface area (TPSA) is 110 Å². The molecule has 0 radical (unpaired) electrons. The van der Waals surface area contributed by atoms with Crippen LogP contribution < -0.4 is 10.2 Å². The quantitative estimate of drug-likeness (QED) is 0.289. The summed E-state index contributed by atoms with van der Waals surface area (Å²) in [6.45, 7) is 6.24. The molecule has 2 N–H and O–H groups in total. The number of piperidine rings is 1. The predicted molar refractivity (Wildman–Crippen MR) is 159 cm³/mol. The Morgan fingerprint density at radius 2 is 1.98 bits per heavy atom. The maximum atomic E-state index is 16.0. The van der Waals surface area contributed by atoms with Gasteiger partial charge in [-0.1, -0.05) is 42.5 Å². The third kappa shape index (κ3) is 4.87. The average molecular weight is 592 g/mol. The van der Waals surface area contributed by atoms with Crippen molar-refractivity contribution in [3.8, 4) is 0 Å². The number of hydrogen-bond donors (Lipinski definition) is 2. The molecule has 6 rings (SSSR count). The van der Waals surface area contributed by atoms with Crippen LogP contribution in [0.4, 0.5) is 15.5 Å². The summed E-state index contributed by atoms with van der Waals surface area (Å²) in [4.78, 5) is 28.1. The molecule has 0 bridgehead atoms. The molecule has 5 atom stereocenters. The fourth-order valence-electron chi connectivity index (χ4n) is 7.27. The van der Waals surface area contributed by atoms with Gasteiger partial charge in [-0.25, -0.2) is 0 Å². The second-order valence-electron chi connectivity index (χ2n) is 12.3. The largest absolute Gasteiger partial charge is 0.395 e. The molecule has 1 aromatic heterocycles. The second kappa shape index (κ2) is 11.0. The first-order valence-electron chi connectivity index (χ1n) is 14.8. The summed E-state index contributed by atoms with van der Waals surface area (Å²) in [7, 11) is -3.30. The molecule has 42 heavy (non-hydrogen) atoms. The van der Waals surface area contributed by atoms with Crippen LogP contribution in [-0.4, -0.2) is 59.6 Å². The van der Waals surface area contributed by atoms with Gasteiger partial charge in [0.2, 0.25) is 14.3 Å². The molecule has 11 heteroatoms. The third-order valence-electron chi connectivity index (χ3n) is 9.27. The lowest BCUT2D eigenvalue weighted by Crippen LogP contribution is -2.42. The zero-order valence-electron chi connectivity index (χ0n) is 24.3. The Morgan fingerprint density at radius 3 is 2.69 bits per heavy atom. The number of halogens is 1. The normalized spacial score (nSPS) is 26.5. The smallest absolute Gasteiger partial charge is 0.261 e. The number of carbonyl (C=O) groups is 2. The summed E-state index contributed by atoms with van der Waals surface area (Å²) in [5.74, 6) is -0.917. The Hall–Kier alpha value is -3.41. The van der Waals surface area contributed by atoms with Crippen LogP contribution in [0.3, 0.4) is 0 Å². The number of aryl methyl sites for hydroxylation is 1. The Labute approximate surface area is 246 Å². The molecule has 3 aliphatic rings. The standard InChI is InChI=1S/C31H38FN5O4Si/c1-20-29(42(2,3)32)27(14-16-36-18-26(34-35-36)23(19-38)21-9-5-4-6-10-21)41-31(20)24-17-22(12-13-25(24)33-30(31)40)37-15-8-7-11-28(37)39/h4-6,9-10,12-13,17-18,20,23,27,29,38H,7-8,11,14-16,19H2,1-3H3,(H,33,40)/t20-,23?,27+,29-,31+/m0/s1. The Balaban J connectivity index is 1.27. The molecule has 3 aliphatic heterocycles. The van der Waals surface area contributed by atoms with Crippen LogP contribution in [0.2, 0.25) is 18.6 Å². The van der Waals surface area contributed by atoms with E-state index >= 15 is 4.11 Å². The third-order valence-corrected chi connectivity index (χ3v) is 11.7. The van der Waals surface area contributed by atoms with Crippen molar-refractivity contribution in [2.45, 2.75) is 75.4 Å². The minimum absolute atomic E-state index is 0.0730.